The second-order valence-electron chi connectivity index (χ2n) is 8.15. The zero-order chi connectivity index (χ0) is 21.7. The Kier molecular flexibility index (Phi) is 7.38. The monoisotopic (exact) mass is 428 g/mol. The predicted octanol–water partition coefficient (Wildman–Crippen LogP) is 4.37. The van der Waals surface area contributed by atoms with Gasteiger partial charge >= 0.3 is 0 Å². The van der Waals surface area contributed by atoms with E-state index in [1.807, 2.05) is 24.3 Å². The molecule has 0 aromatic heterocycles. The van der Waals surface area contributed by atoms with Crippen LogP contribution in [0.15, 0.2) is 48.5 Å². The van der Waals surface area contributed by atoms with Crippen LogP contribution in [-0.2, 0) is 4.79 Å². The van der Waals surface area contributed by atoms with Crippen LogP contribution >= 0.6 is 11.6 Å². The van der Waals surface area contributed by atoms with Crippen LogP contribution in [0.1, 0.15) is 42.1 Å². The van der Waals surface area contributed by atoms with Crippen LogP contribution in [0.25, 0.3) is 0 Å². The maximum absolute atomic E-state index is 13.1. The number of nitrogens with one attached hydrogen (secondary N) is 1. The Bertz CT molecular complexity index is 882. The fourth-order valence-corrected chi connectivity index (χ4v) is 4.06. The van der Waals surface area contributed by atoms with Crippen molar-refractivity contribution < 1.29 is 14.3 Å². The summed E-state index contributed by atoms with van der Waals surface area (Å²) in [6.45, 7) is 5.74. The van der Waals surface area contributed by atoms with Crippen molar-refractivity contribution in [2.45, 2.75) is 26.2 Å². The Morgan fingerprint density at radius 3 is 2.47 bits per heavy atom. The summed E-state index contributed by atoms with van der Waals surface area (Å²) >= 11 is 6.24. The summed E-state index contributed by atoms with van der Waals surface area (Å²) in [6.07, 6.45) is 0.925. The lowest BCUT2D eigenvalue weighted by Gasteiger charge is -2.18. The molecule has 1 heterocycles. The van der Waals surface area contributed by atoms with E-state index in [-0.39, 0.29) is 23.7 Å². The average molecular weight is 429 g/mol. The first kappa shape index (κ1) is 22.2. The van der Waals surface area contributed by atoms with E-state index in [4.69, 9.17) is 16.3 Å². The second-order valence-corrected chi connectivity index (χ2v) is 8.56. The molecule has 0 radical (unpaired) electrons. The summed E-state index contributed by atoms with van der Waals surface area (Å²) in [7, 11) is 1.62. The molecule has 6 heteroatoms. The number of nitrogens with zero attached hydrogens (tertiary/aromatic N) is 1. The van der Waals surface area contributed by atoms with E-state index < -0.39 is 0 Å². The summed E-state index contributed by atoms with van der Waals surface area (Å²) in [5.74, 6) is 0.740. The zero-order valence-corrected chi connectivity index (χ0v) is 18.5. The third kappa shape index (κ3) is 5.14. The van der Waals surface area contributed by atoms with Gasteiger partial charge in [0.05, 0.1) is 23.6 Å². The number of amides is 2. The van der Waals surface area contributed by atoms with Crippen LogP contribution in [0, 0.1) is 11.8 Å². The molecule has 2 aromatic rings. The van der Waals surface area contributed by atoms with Gasteiger partial charge in [-0.05, 0) is 42.2 Å². The molecule has 1 aliphatic heterocycles. The predicted molar refractivity (Wildman–Crippen MR) is 119 cm³/mol. The van der Waals surface area contributed by atoms with Crippen LogP contribution in [0.4, 0.5) is 0 Å². The first-order chi connectivity index (χ1) is 14.4. The van der Waals surface area contributed by atoms with E-state index in [1.165, 1.54) is 0 Å². The van der Waals surface area contributed by atoms with Gasteiger partial charge in [-0.25, -0.2) is 0 Å². The molecular weight excluding hydrogens is 400 g/mol. The van der Waals surface area contributed by atoms with Gasteiger partial charge in [0.15, 0.2) is 0 Å². The minimum absolute atomic E-state index is 0.00840. The zero-order valence-electron chi connectivity index (χ0n) is 17.7. The number of carbonyl (C=O) groups excluding carboxylic acids is 2. The van der Waals surface area contributed by atoms with Crippen molar-refractivity contribution in [1.29, 1.82) is 0 Å². The van der Waals surface area contributed by atoms with E-state index >= 15 is 0 Å². The van der Waals surface area contributed by atoms with Crippen molar-refractivity contribution in [1.82, 2.24) is 10.2 Å². The number of ether oxygens (including phenoxy) is 1. The molecule has 5 nitrogen and oxygen atoms in total. The molecule has 2 amide bonds. The maximum atomic E-state index is 13.1. The molecule has 1 fully saturated rings. The summed E-state index contributed by atoms with van der Waals surface area (Å²) in [5, 5.41) is 3.49. The third-order valence-electron chi connectivity index (χ3n) is 5.61. The van der Waals surface area contributed by atoms with Crippen molar-refractivity contribution in [3.05, 3.63) is 64.7 Å². The summed E-state index contributed by atoms with van der Waals surface area (Å²) in [6, 6.07) is 14.8. The quantitative estimate of drug-likeness (QED) is 0.712. The molecular formula is C24H29ClN2O3. The summed E-state index contributed by atoms with van der Waals surface area (Å²) in [4.78, 5) is 27.9. The van der Waals surface area contributed by atoms with Gasteiger partial charge in [-0.2, -0.15) is 0 Å². The van der Waals surface area contributed by atoms with E-state index in [2.05, 4.69) is 19.2 Å². The molecule has 2 unspecified atom stereocenters. The van der Waals surface area contributed by atoms with Gasteiger partial charge in [0.2, 0.25) is 5.91 Å². The average Bonchev–Trinajstić information content (AvgIpc) is 3.19. The highest BCUT2D eigenvalue weighted by molar-refractivity contribution is 6.33. The van der Waals surface area contributed by atoms with Crippen LogP contribution in [0.2, 0.25) is 5.02 Å². The number of likely N-dealkylation sites (tertiary alicyclic amines) is 1. The topological polar surface area (TPSA) is 58.6 Å². The van der Waals surface area contributed by atoms with Gasteiger partial charge in [0.1, 0.15) is 5.75 Å². The smallest absolute Gasteiger partial charge is 0.255 e. The van der Waals surface area contributed by atoms with Gasteiger partial charge in [0, 0.05) is 25.6 Å². The lowest BCUT2D eigenvalue weighted by atomic mass is 9.88. The molecule has 0 spiro atoms. The molecule has 2 aromatic carbocycles. The highest BCUT2D eigenvalue weighted by atomic mass is 35.5. The van der Waals surface area contributed by atoms with E-state index in [0.29, 0.717) is 36.1 Å². The van der Waals surface area contributed by atoms with Crippen LogP contribution in [0.3, 0.4) is 0 Å². The Balaban J connectivity index is 1.82. The van der Waals surface area contributed by atoms with Crippen molar-refractivity contribution in [3.8, 4) is 5.75 Å². The lowest BCUT2D eigenvalue weighted by molar-refractivity contribution is -0.124. The molecule has 3 rings (SSSR count). The number of carbonyl (C=O) groups is 2. The number of halogens is 1. The normalized spacial score (nSPS) is 18.5. The van der Waals surface area contributed by atoms with E-state index in [0.717, 1.165) is 17.7 Å². The largest absolute Gasteiger partial charge is 0.497 e. The lowest BCUT2D eigenvalue weighted by Crippen LogP contribution is -2.36. The molecule has 1 N–H and O–H groups in total. The fraction of sp³-hybridized carbons (Fsp3) is 0.417. The highest BCUT2D eigenvalue weighted by Gasteiger charge is 2.40. The van der Waals surface area contributed by atoms with Crippen molar-refractivity contribution in [2.75, 3.05) is 26.7 Å². The number of benzene rings is 2. The molecule has 160 valence electrons. The van der Waals surface area contributed by atoms with E-state index in [9.17, 15) is 9.59 Å². The van der Waals surface area contributed by atoms with Gasteiger partial charge in [-0.1, -0.05) is 49.7 Å². The third-order valence-corrected chi connectivity index (χ3v) is 5.94. The number of methoxy groups -OCH3 is 1. The van der Waals surface area contributed by atoms with E-state index in [1.54, 1.807) is 36.3 Å². The minimum atomic E-state index is -0.308. The maximum Gasteiger partial charge on any atom is 0.255 e. The van der Waals surface area contributed by atoms with Crippen LogP contribution in [0.5, 0.6) is 5.75 Å². The van der Waals surface area contributed by atoms with Gasteiger partial charge in [-0.3, -0.25) is 9.59 Å². The van der Waals surface area contributed by atoms with Gasteiger partial charge < -0.3 is 15.0 Å². The molecule has 2 atom stereocenters. The molecule has 30 heavy (non-hydrogen) atoms. The van der Waals surface area contributed by atoms with Crippen molar-refractivity contribution >= 4 is 23.4 Å². The molecule has 1 saturated heterocycles. The Hall–Kier alpha value is -2.53. The summed E-state index contributed by atoms with van der Waals surface area (Å²) in [5.41, 5.74) is 1.49. The Morgan fingerprint density at radius 2 is 1.83 bits per heavy atom. The minimum Gasteiger partial charge on any atom is -0.497 e. The van der Waals surface area contributed by atoms with Crippen molar-refractivity contribution in [3.63, 3.8) is 0 Å². The van der Waals surface area contributed by atoms with Gasteiger partial charge in [-0.15, -0.1) is 0 Å². The first-order valence-electron chi connectivity index (χ1n) is 10.4. The number of hydrogen-bond donors (Lipinski definition) is 1. The number of rotatable bonds is 7. The van der Waals surface area contributed by atoms with Crippen LogP contribution < -0.4 is 10.1 Å². The molecule has 0 saturated carbocycles. The van der Waals surface area contributed by atoms with Crippen LogP contribution in [-0.4, -0.2) is 43.5 Å². The SMILES string of the molecule is COc1ccc(C2CN(C(=O)c3ccccc3Cl)CC2C(=O)NCCC(C)C)cc1. The van der Waals surface area contributed by atoms with Gasteiger partial charge in [0.25, 0.3) is 5.91 Å². The Labute approximate surface area is 183 Å². The Morgan fingerprint density at radius 1 is 1.13 bits per heavy atom. The first-order valence-corrected chi connectivity index (χ1v) is 10.7. The highest BCUT2D eigenvalue weighted by Crippen LogP contribution is 2.35. The molecule has 1 aliphatic rings. The second kappa shape index (κ2) is 9.98. The summed E-state index contributed by atoms with van der Waals surface area (Å²) < 4.78 is 5.25. The molecule has 0 bridgehead atoms. The fourth-order valence-electron chi connectivity index (χ4n) is 3.84. The molecule has 0 aliphatic carbocycles. The standard InChI is InChI=1S/C24H29ClN2O3/c1-16(2)12-13-26-23(28)21-15-27(24(29)19-6-4-5-7-22(19)25)14-20(21)17-8-10-18(30-3)11-9-17/h4-11,16,20-21H,12-15H2,1-3H3,(H,26,28). The van der Waals surface area contributed by atoms with Crippen molar-refractivity contribution in [2.24, 2.45) is 11.8 Å². The number of hydrogen-bond acceptors (Lipinski definition) is 3.